The van der Waals surface area contributed by atoms with Gasteiger partial charge in [0.25, 0.3) is 11.6 Å². The van der Waals surface area contributed by atoms with Crippen molar-refractivity contribution in [2.75, 3.05) is 37.7 Å². The number of anilines is 1. The number of morpholine rings is 1. The third-order valence-corrected chi connectivity index (χ3v) is 5.25. The molecule has 2 aromatic rings. The Labute approximate surface area is 162 Å². The van der Waals surface area contributed by atoms with Crippen LogP contribution in [0.3, 0.4) is 0 Å². The van der Waals surface area contributed by atoms with Crippen LogP contribution in [-0.2, 0) is 11.3 Å². The van der Waals surface area contributed by atoms with Crippen molar-refractivity contribution >= 4 is 17.3 Å². The topological polar surface area (TPSA) is 93.7 Å². The minimum Gasteiger partial charge on any atom is -0.373 e. The number of hydrogen-bond acceptors (Lipinski definition) is 6. The lowest BCUT2D eigenvalue weighted by atomic mass is 10.1. The lowest BCUT2D eigenvalue weighted by Gasteiger charge is -2.34. The summed E-state index contributed by atoms with van der Waals surface area (Å²) in [4.78, 5) is 27.6. The van der Waals surface area contributed by atoms with Crippen LogP contribution in [0.1, 0.15) is 23.2 Å². The van der Waals surface area contributed by atoms with Crippen molar-refractivity contribution in [2.24, 2.45) is 0 Å². The van der Waals surface area contributed by atoms with Gasteiger partial charge in [-0.05, 0) is 31.0 Å². The molecule has 28 heavy (non-hydrogen) atoms. The maximum Gasteiger partial charge on any atom is 0.282 e. The number of carbonyl (C=O) groups is 1. The third kappa shape index (κ3) is 3.84. The van der Waals surface area contributed by atoms with E-state index < -0.39 is 4.92 Å². The molecule has 2 fully saturated rings. The summed E-state index contributed by atoms with van der Waals surface area (Å²) in [6.07, 6.45) is 5.46. The number of benzene rings is 1. The van der Waals surface area contributed by atoms with Crippen molar-refractivity contribution in [2.45, 2.75) is 25.5 Å². The highest BCUT2D eigenvalue weighted by molar-refractivity contribution is 5.99. The summed E-state index contributed by atoms with van der Waals surface area (Å²) in [5.41, 5.74) is 0.837. The van der Waals surface area contributed by atoms with E-state index in [0.717, 1.165) is 18.5 Å². The molecule has 1 aromatic heterocycles. The minimum atomic E-state index is -0.479. The Bertz CT molecular complexity index is 848. The number of amides is 1. The van der Waals surface area contributed by atoms with Crippen molar-refractivity contribution < 1.29 is 14.5 Å². The highest BCUT2D eigenvalue weighted by atomic mass is 16.6. The quantitative estimate of drug-likeness (QED) is 0.577. The fourth-order valence-electron chi connectivity index (χ4n) is 3.82. The highest BCUT2D eigenvalue weighted by Crippen LogP contribution is 2.28. The molecule has 3 heterocycles. The monoisotopic (exact) mass is 385 g/mol. The number of nitro groups is 1. The molecule has 0 aliphatic carbocycles. The van der Waals surface area contributed by atoms with E-state index in [0.29, 0.717) is 39.3 Å². The molecular formula is C19H23N5O4. The van der Waals surface area contributed by atoms with Crippen LogP contribution in [0.4, 0.5) is 11.4 Å². The SMILES string of the molecule is O=C(c1cc(N2CCOC(Cn3cccn3)C2)ccc1[N+](=O)[O-])N1CCCC1. The first-order valence-electron chi connectivity index (χ1n) is 9.53. The Balaban J connectivity index is 1.56. The first kappa shape index (κ1) is 18.4. The summed E-state index contributed by atoms with van der Waals surface area (Å²) in [6.45, 7) is 3.81. The zero-order valence-electron chi connectivity index (χ0n) is 15.6. The van der Waals surface area contributed by atoms with Crippen molar-refractivity contribution in [1.82, 2.24) is 14.7 Å². The molecule has 4 rings (SSSR count). The number of nitro benzene ring substituents is 1. The molecule has 2 aliphatic rings. The summed E-state index contributed by atoms with van der Waals surface area (Å²) in [5.74, 6) is -0.257. The van der Waals surface area contributed by atoms with Crippen LogP contribution in [0.15, 0.2) is 36.7 Å². The van der Waals surface area contributed by atoms with Crippen molar-refractivity contribution in [3.8, 4) is 0 Å². The van der Waals surface area contributed by atoms with Crippen LogP contribution < -0.4 is 4.90 Å². The van der Waals surface area contributed by atoms with Gasteiger partial charge in [-0.2, -0.15) is 5.10 Å². The van der Waals surface area contributed by atoms with Gasteiger partial charge >= 0.3 is 0 Å². The van der Waals surface area contributed by atoms with E-state index in [1.54, 1.807) is 23.2 Å². The minimum absolute atomic E-state index is 0.0402. The Morgan fingerprint density at radius 3 is 2.82 bits per heavy atom. The second kappa shape index (κ2) is 7.97. The number of ether oxygens (including phenoxy) is 1. The van der Waals surface area contributed by atoms with Crippen molar-refractivity contribution in [3.63, 3.8) is 0 Å². The van der Waals surface area contributed by atoms with Gasteiger partial charge in [0.15, 0.2) is 0 Å². The summed E-state index contributed by atoms with van der Waals surface area (Å²) in [5, 5.41) is 15.7. The molecule has 0 saturated carbocycles. The second-order valence-corrected chi connectivity index (χ2v) is 7.12. The van der Waals surface area contributed by atoms with Gasteiger partial charge in [-0.15, -0.1) is 0 Å². The Morgan fingerprint density at radius 1 is 1.29 bits per heavy atom. The molecule has 0 spiro atoms. The van der Waals surface area contributed by atoms with E-state index in [2.05, 4.69) is 10.00 Å². The fraction of sp³-hybridized carbons (Fsp3) is 0.474. The molecule has 1 amide bonds. The van der Waals surface area contributed by atoms with Crippen molar-refractivity contribution in [3.05, 3.63) is 52.3 Å². The number of aromatic nitrogens is 2. The standard InChI is InChI=1S/C19H23N5O4/c25-19(21-7-1-2-8-21)17-12-15(4-5-18(17)24(26)27)22-10-11-28-16(13-22)14-23-9-3-6-20-23/h3-6,9,12,16H,1-2,7-8,10-11,13-14H2. The van der Waals surface area contributed by atoms with Crippen LogP contribution in [-0.4, -0.2) is 64.4 Å². The normalized spacial score (nSPS) is 19.8. The lowest BCUT2D eigenvalue weighted by molar-refractivity contribution is -0.385. The number of carbonyl (C=O) groups excluding carboxylic acids is 1. The molecule has 2 saturated heterocycles. The summed E-state index contributed by atoms with van der Waals surface area (Å²) in [7, 11) is 0. The molecule has 9 heteroatoms. The molecule has 148 valence electrons. The zero-order valence-corrected chi connectivity index (χ0v) is 15.6. The van der Waals surface area contributed by atoms with E-state index in [1.807, 2.05) is 16.9 Å². The fourth-order valence-corrected chi connectivity index (χ4v) is 3.82. The molecule has 1 unspecified atom stereocenters. The predicted octanol–water partition coefficient (Wildman–Crippen LogP) is 1.93. The van der Waals surface area contributed by atoms with Crippen LogP contribution >= 0.6 is 0 Å². The molecular weight excluding hydrogens is 362 g/mol. The average molecular weight is 385 g/mol. The maximum atomic E-state index is 12.8. The van der Waals surface area contributed by atoms with Gasteiger partial charge in [-0.1, -0.05) is 0 Å². The molecule has 1 aromatic carbocycles. The van der Waals surface area contributed by atoms with E-state index in [1.165, 1.54) is 6.07 Å². The summed E-state index contributed by atoms with van der Waals surface area (Å²) >= 11 is 0. The number of rotatable bonds is 5. The molecule has 1 atom stereocenters. The average Bonchev–Trinajstić information content (AvgIpc) is 3.41. The van der Waals surface area contributed by atoms with Crippen LogP contribution in [0.25, 0.3) is 0 Å². The molecule has 0 N–H and O–H groups in total. The first-order valence-corrected chi connectivity index (χ1v) is 9.53. The highest BCUT2D eigenvalue weighted by Gasteiger charge is 2.29. The molecule has 2 aliphatic heterocycles. The first-order chi connectivity index (χ1) is 13.6. The Hall–Kier alpha value is -2.94. The molecule has 9 nitrogen and oxygen atoms in total. The van der Waals surface area contributed by atoms with Gasteiger partial charge in [-0.3, -0.25) is 19.6 Å². The second-order valence-electron chi connectivity index (χ2n) is 7.12. The van der Waals surface area contributed by atoms with Crippen LogP contribution in [0, 0.1) is 10.1 Å². The van der Waals surface area contributed by atoms with Crippen molar-refractivity contribution in [1.29, 1.82) is 0 Å². The third-order valence-electron chi connectivity index (χ3n) is 5.25. The number of likely N-dealkylation sites (tertiary alicyclic amines) is 1. The molecule has 0 radical (unpaired) electrons. The van der Waals surface area contributed by atoms with E-state index in [-0.39, 0.29) is 23.3 Å². The summed E-state index contributed by atoms with van der Waals surface area (Å²) in [6, 6.07) is 6.69. The van der Waals surface area contributed by atoms with Gasteiger partial charge < -0.3 is 14.5 Å². The van der Waals surface area contributed by atoms with Gasteiger partial charge in [-0.25, -0.2) is 0 Å². The number of nitrogens with zero attached hydrogens (tertiary/aromatic N) is 5. The van der Waals surface area contributed by atoms with Crippen LogP contribution in [0.2, 0.25) is 0 Å². The van der Waals surface area contributed by atoms with Gasteiger partial charge in [0.1, 0.15) is 5.56 Å². The smallest absolute Gasteiger partial charge is 0.282 e. The van der Waals surface area contributed by atoms with E-state index >= 15 is 0 Å². The zero-order chi connectivity index (χ0) is 19.5. The Morgan fingerprint density at radius 2 is 2.11 bits per heavy atom. The van der Waals surface area contributed by atoms with E-state index in [4.69, 9.17) is 4.74 Å². The van der Waals surface area contributed by atoms with Gasteiger partial charge in [0.05, 0.1) is 24.2 Å². The predicted molar refractivity (Wildman–Crippen MR) is 102 cm³/mol. The Kier molecular flexibility index (Phi) is 5.25. The van der Waals surface area contributed by atoms with E-state index in [9.17, 15) is 14.9 Å². The molecule has 0 bridgehead atoms. The van der Waals surface area contributed by atoms with Crippen LogP contribution in [0.5, 0.6) is 0 Å². The lowest BCUT2D eigenvalue weighted by Crippen LogP contribution is -2.44. The summed E-state index contributed by atoms with van der Waals surface area (Å²) < 4.78 is 7.66. The van der Waals surface area contributed by atoms with Gasteiger partial charge in [0.2, 0.25) is 0 Å². The maximum absolute atomic E-state index is 12.8. The number of hydrogen-bond donors (Lipinski definition) is 0. The van der Waals surface area contributed by atoms with Gasteiger partial charge in [0, 0.05) is 50.3 Å². The largest absolute Gasteiger partial charge is 0.373 e.